The predicted octanol–water partition coefficient (Wildman–Crippen LogP) is 2.52. The summed E-state index contributed by atoms with van der Waals surface area (Å²) < 4.78 is 11.1. The largest absolute Gasteiger partial charge is 0.444 e. The van der Waals surface area contributed by atoms with Crippen LogP contribution >= 0.6 is 0 Å². The van der Waals surface area contributed by atoms with Crippen LogP contribution in [0.3, 0.4) is 0 Å². The molecule has 0 aliphatic carbocycles. The molecule has 0 unspecified atom stereocenters. The molecule has 1 aliphatic rings. The van der Waals surface area contributed by atoms with Crippen LogP contribution in [0.5, 0.6) is 0 Å². The number of methoxy groups -OCH3 is 1. The average Bonchev–Trinajstić information content (AvgIpc) is 3.16. The van der Waals surface area contributed by atoms with Gasteiger partial charge in [0.15, 0.2) is 12.2 Å². The van der Waals surface area contributed by atoms with Crippen molar-refractivity contribution in [3.63, 3.8) is 0 Å². The normalized spacial score (nSPS) is 17.0. The summed E-state index contributed by atoms with van der Waals surface area (Å²) in [4.78, 5) is 20.7. The second kappa shape index (κ2) is 7.37. The van der Waals surface area contributed by atoms with E-state index < -0.39 is 0 Å². The van der Waals surface area contributed by atoms with Crippen molar-refractivity contribution in [1.82, 2.24) is 14.8 Å². The second-order valence-corrected chi connectivity index (χ2v) is 6.86. The van der Waals surface area contributed by atoms with Crippen molar-refractivity contribution in [2.45, 2.75) is 18.4 Å². The van der Waals surface area contributed by atoms with Crippen LogP contribution in [0.15, 0.2) is 41.3 Å². The summed E-state index contributed by atoms with van der Waals surface area (Å²) in [6, 6.07) is 7.47. The molecule has 25 heavy (non-hydrogen) atoms. The third-order valence-corrected chi connectivity index (χ3v) is 4.85. The summed E-state index contributed by atoms with van der Waals surface area (Å²) in [5, 5.41) is 0. The third kappa shape index (κ3) is 3.91. The number of likely N-dealkylation sites (tertiary alicyclic amines) is 1. The van der Waals surface area contributed by atoms with E-state index in [2.05, 4.69) is 9.88 Å². The highest BCUT2D eigenvalue weighted by molar-refractivity contribution is 5.94. The minimum absolute atomic E-state index is 0.0682. The zero-order chi connectivity index (χ0) is 17.9. The molecule has 0 N–H and O–H groups in total. The molecule has 2 heterocycles. The molecule has 0 bridgehead atoms. The van der Waals surface area contributed by atoms with Crippen molar-refractivity contribution in [3.8, 4) is 11.3 Å². The smallest absolute Gasteiger partial charge is 0.253 e. The van der Waals surface area contributed by atoms with E-state index in [-0.39, 0.29) is 11.5 Å². The van der Waals surface area contributed by atoms with Crippen LogP contribution in [0.2, 0.25) is 0 Å². The third-order valence-electron chi connectivity index (χ3n) is 4.85. The standard InChI is InChI=1S/C19H25N3O3/c1-21(2)13-19(24-3)8-10-22(11-9-19)18(23)16-6-4-15(5-7-16)17-12-20-14-25-17/h4-7,12,14H,8-11,13H2,1-3H3. The van der Waals surface area contributed by atoms with Gasteiger partial charge in [0.25, 0.3) is 5.91 Å². The molecule has 6 nitrogen and oxygen atoms in total. The molecule has 0 radical (unpaired) electrons. The number of amides is 1. The Morgan fingerprint density at radius 2 is 1.96 bits per heavy atom. The quantitative estimate of drug-likeness (QED) is 0.835. The van der Waals surface area contributed by atoms with Crippen LogP contribution in [-0.2, 0) is 4.74 Å². The van der Waals surface area contributed by atoms with Crippen molar-refractivity contribution < 1.29 is 13.9 Å². The first-order chi connectivity index (χ1) is 12.0. The van der Waals surface area contributed by atoms with Crippen molar-refractivity contribution in [1.29, 1.82) is 0 Å². The topological polar surface area (TPSA) is 58.8 Å². The van der Waals surface area contributed by atoms with E-state index in [0.29, 0.717) is 24.4 Å². The fourth-order valence-corrected chi connectivity index (χ4v) is 3.44. The van der Waals surface area contributed by atoms with Gasteiger partial charge in [0, 0.05) is 37.9 Å². The fraction of sp³-hybridized carbons (Fsp3) is 0.474. The molecule has 0 saturated carbocycles. The number of hydrogen-bond donors (Lipinski definition) is 0. The lowest BCUT2D eigenvalue weighted by atomic mass is 9.90. The molecule has 1 aliphatic heterocycles. The van der Waals surface area contributed by atoms with Crippen LogP contribution in [0.4, 0.5) is 0 Å². The van der Waals surface area contributed by atoms with Crippen LogP contribution in [-0.4, -0.2) is 67.1 Å². The lowest BCUT2D eigenvalue weighted by Crippen LogP contribution is -2.52. The van der Waals surface area contributed by atoms with Gasteiger partial charge in [-0.05, 0) is 39.1 Å². The molecule has 0 atom stereocenters. The van der Waals surface area contributed by atoms with E-state index in [0.717, 1.165) is 24.9 Å². The number of benzene rings is 1. The van der Waals surface area contributed by atoms with Gasteiger partial charge in [-0.15, -0.1) is 0 Å². The highest BCUT2D eigenvalue weighted by Gasteiger charge is 2.36. The van der Waals surface area contributed by atoms with Crippen LogP contribution in [0.25, 0.3) is 11.3 Å². The van der Waals surface area contributed by atoms with Crippen LogP contribution in [0.1, 0.15) is 23.2 Å². The van der Waals surface area contributed by atoms with E-state index in [4.69, 9.17) is 9.15 Å². The molecule has 3 rings (SSSR count). The molecule has 1 aromatic heterocycles. The first kappa shape index (κ1) is 17.6. The first-order valence-electron chi connectivity index (χ1n) is 8.51. The Bertz CT molecular complexity index is 687. The minimum Gasteiger partial charge on any atom is -0.444 e. The molecule has 1 saturated heterocycles. The number of oxazole rings is 1. The van der Waals surface area contributed by atoms with Gasteiger partial charge in [0.1, 0.15) is 0 Å². The molecule has 2 aromatic rings. The lowest BCUT2D eigenvalue weighted by Gasteiger charge is -2.42. The van der Waals surface area contributed by atoms with Gasteiger partial charge >= 0.3 is 0 Å². The summed E-state index contributed by atoms with van der Waals surface area (Å²) in [5.74, 6) is 0.768. The summed E-state index contributed by atoms with van der Waals surface area (Å²) in [6.07, 6.45) is 4.77. The van der Waals surface area contributed by atoms with Gasteiger partial charge in [-0.2, -0.15) is 0 Å². The zero-order valence-corrected chi connectivity index (χ0v) is 15.1. The monoisotopic (exact) mass is 343 g/mol. The highest BCUT2D eigenvalue weighted by Crippen LogP contribution is 2.27. The summed E-state index contributed by atoms with van der Waals surface area (Å²) in [7, 11) is 5.87. The maximum absolute atomic E-state index is 12.8. The van der Waals surface area contributed by atoms with Crippen molar-refractivity contribution in [2.24, 2.45) is 0 Å². The van der Waals surface area contributed by atoms with Gasteiger partial charge in [0.05, 0.1) is 11.8 Å². The first-order valence-corrected chi connectivity index (χ1v) is 8.51. The number of piperidine rings is 1. The van der Waals surface area contributed by atoms with Gasteiger partial charge in [-0.25, -0.2) is 4.98 Å². The Balaban J connectivity index is 1.64. The van der Waals surface area contributed by atoms with E-state index >= 15 is 0 Å². The number of ether oxygens (including phenoxy) is 1. The van der Waals surface area contributed by atoms with Gasteiger partial charge in [-0.1, -0.05) is 12.1 Å². The number of hydrogen-bond acceptors (Lipinski definition) is 5. The van der Waals surface area contributed by atoms with E-state index in [9.17, 15) is 4.79 Å². The van der Waals surface area contributed by atoms with Gasteiger partial charge in [0.2, 0.25) is 0 Å². The number of nitrogens with zero attached hydrogens (tertiary/aromatic N) is 3. The van der Waals surface area contributed by atoms with Gasteiger partial charge in [-0.3, -0.25) is 4.79 Å². The Morgan fingerprint density at radius 3 is 2.48 bits per heavy atom. The van der Waals surface area contributed by atoms with Crippen molar-refractivity contribution in [2.75, 3.05) is 40.8 Å². The van der Waals surface area contributed by atoms with E-state index in [1.165, 1.54) is 6.39 Å². The van der Waals surface area contributed by atoms with E-state index in [1.54, 1.807) is 13.3 Å². The fourth-order valence-electron chi connectivity index (χ4n) is 3.44. The number of rotatable bonds is 5. The summed E-state index contributed by atoms with van der Waals surface area (Å²) in [5.41, 5.74) is 1.45. The highest BCUT2D eigenvalue weighted by atomic mass is 16.5. The molecule has 1 aromatic carbocycles. The molecular formula is C19H25N3O3. The molecule has 134 valence electrons. The Morgan fingerprint density at radius 1 is 1.28 bits per heavy atom. The number of likely N-dealkylation sites (N-methyl/N-ethyl adjacent to an activating group) is 1. The average molecular weight is 343 g/mol. The van der Waals surface area contributed by atoms with Crippen molar-refractivity contribution >= 4 is 5.91 Å². The number of carbonyl (C=O) groups excluding carboxylic acids is 1. The van der Waals surface area contributed by atoms with Gasteiger partial charge < -0.3 is 19.0 Å². The number of aromatic nitrogens is 1. The second-order valence-electron chi connectivity index (χ2n) is 6.86. The summed E-state index contributed by atoms with van der Waals surface area (Å²) in [6.45, 7) is 2.30. The van der Waals surface area contributed by atoms with Crippen LogP contribution < -0.4 is 0 Å². The Hall–Kier alpha value is -2.18. The molecule has 0 spiro atoms. The van der Waals surface area contributed by atoms with Crippen molar-refractivity contribution in [3.05, 3.63) is 42.4 Å². The molecule has 1 fully saturated rings. The lowest BCUT2D eigenvalue weighted by molar-refractivity contribution is -0.0654. The molecular weight excluding hydrogens is 318 g/mol. The summed E-state index contributed by atoms with van der Waals surface area (Å²) >= 11 is 0. The minimum atomic E-state index is -0.156. The van der Waals surface area contributed by atoms with Crippen LogP contribution in [0, 0.1) is 0 Å². The van der Waals surface area contributed by atoms with E-state index in [1.807, 2.05) is 43.3 Å². The Kier molecular flexibility index (Phi) is 5.20. The maximum Gasteiger partial charge on any atom is 0.253 e. The molecule has 1 amide bonds. The Labute approximate surface area is 148 Å². The molecule has 6 heteroatoms. The SMILES string of the molecule is COC1(CN(C)C)CCN(C(=O)c2ccc(-c3cnco3)cc2)CC1. The predicted molar refractivity (Wildman–Crippen MR) is 95.4 cm³/mol. The number of carbonyl (C=O) groups is 1. The maximum atomic E-state index is 12.8. The zero-order valence-electron chi connectivity index (χ0n) is 15.1.